The summed E-state index contributed by atoms with van der Waals surface area (Å²) in [6.07, 6.45) is 3.31. The third kappa shape index (κ3) is 6.05. The van der Waals surface area contributed by atoms with Gasteiger partial charge in [-0.2, -0.15) is 0 Å². The van der Waals surface area contributed by atoms with E-state index in [0.29, 0.717) is 6.42 Å². The van der Waals surface area contributed by atoms with E-state index in [1.807, 2.05) is 18.2 Å². The molecule has 3 heteroatoms. The molecule has 1 unspecified atom stereocenters. The fourth-order valence-electron chi connectivity index (χ4n) is 1.99. The van der Waals surface area contributed by atoms with Crippen molar-refractivity contribution >= 4 is 5.97 Å². The van der Waals surface area contributed by atoms with Crippen LogP contribution in [0.3, 0.4) is 0 Å². The lowest BCUT2D eigenvalue weighted by Crippen LogP contribution is -2.23. The summed E-state index contributed by atoms with van der Waals surface area (Å²) in [6, 6.07) is 10.0. The smallest absolute Gasteiger partial charge is 0.303 e. The van der Waals surface area contributed by atoms with Crippen molar-refractivity contribution in [2.45, 2.75) is 38.1 Å². The third-order valence-electron chi connectivity index (χ3n) is 3.10. The summed E-state index contributed by atoms with van der Waals surface area (Å²) in [7, 11) is 0. The molecule has 1 atom stereocenters. The number of carboxylic acids is 1. The molecule has 0 aliphatic rings. The van der Waals surface area contributed by atoms with Gasteiger partial charge in [0, 0.05) is 12.5 Å². The Kier molecular flexibility index (Phi) is 6.65. The van der Waals surface area contributed by atoms with Crippen LogP contribution >= 0.6 is 0 Å². The van der Waals surface area contributed by atoms with E-state index >= 15 is 0 Å². The van der Waals surface area contributed by atoms with Crippen molar-refractivity contribution in [2.75, 3.05) is 0 Å². The first-order chi connectivity index (χ1) is 9.13. The van der Waals surface area contributed by atoms with Crippen molar-refractivity contribution in [1.29, 1.82) is 0 Å². The summed E-state index contributed by atoms with van der Waals surface area (Å²) in [5.41, 5.74) is 11.0. The van der Waals surface area contributed by atoms with Gasteiger partial charge in [0.1, 0.15) is 0 Å². The number of nitrogens with two attached hydrogens (primary N) is 1. The first-order valence-corrected chi connectivity index (χ1v) is 6.53. The van der Waals surface area contributed by atoms with Gasteiger partial charge in [-0.1, -0.05) is 36.9 Å². The summed E-state index contributed by atoms with van der Waals surface area (Å²) < 4.78 is 0. The van der Waals surface area contributed by atoms with Crippen molar-refractivity contribution in [3.63, 3.8) is 0 Å². The van der Waals surface area contributed by atoms with E-state index < -0.39 is 5.97 Å². The van der Waals surface area contributed by atoms with Gasteiger partial charge >= 0.3 is 5.97 Å². The van der Waals surface area contributed by atoms with E-state index in [1.54, 1.807) is 0 Å². The lowest BCUT2D eigenvalue weighted by molar-refractivity contribution is -0.137. The number of hydrogen-bond acceptors (Lipinski definition) is 2. The van der Waals surface area contributed by atoms with E-state index in [0.717, 1.165) is 24.8 Å². The van der Waals surface area contributed by atoms with Gasteiger partial charge in [0.15, 0.2) is 0 Å². The molecule has 0 aliphatic carbocycles. The fourth-order valence-corrected chi connectivity index (χ4v) is 1.99. The first kappa shape index (κ1) is 15.2. The van der Waals surface area contributed by atoms with Gasteiger partial charge in [0.25, 0.3) is 0 Å². The molecule has 3 N–H and O–H groups in total. The molecule has 0 spiro atoms. The topological polar surface area (TPSA) is 63.3 Å². The number of carboxylic acid groups (broad SMARTS) is 1. The van der Waals surface area contributed by atoms with Crippen LogP contribution in [-0.2, 0) is 11.2 Å². The van der Waals surface area contributed by atoms with Gasteiger partial charge in [-0.25, -0.2) is 0 Å². The molecule has 0 saturated heterocycles. The highest BCUT2D eigenvalue weighted by molar-refractivity contribution is 5.66. The molecule has 0 bridgehead atoms. The molecule has 0 fully saturated rings. The Balaban J connectivity index is 2.37. The van der Waals surface area contributed by atoms with Crippen LogP contribution in [0.1, 0.15) is 31.2 Å². The van der Waals surface area contributed by atoms with E-state index in [9.17, 15) is 4.79 Å². The fraction of sp³-hybridized carbons (Fsp3) is 0.375. The standard InChI is InChI=1S/C16H21NO2/c1-2-14(15(17)11-12-16(18)19)10-6-9-13-7-4-3-5-8-13/h3-5,7-8,15H,1,6,9-12,17H2,(H,18,19). The molecule has 19 heavy (non-hydrogen) atoms. The molecule has 0 radical (unpaired) electrons. The van der Waals surface area contributed by atoms with Crippen molar-refractivity contribution in [3.05, 3.63) is 53.8 Å². The zero-order chi connectivity index (χ0) is 14.1. The molecule has 0 aromatic heterocycles. The summed E-state index contributed by atoms with van der Waals surface area (Å²) in [5, 5.41) is 8.64. The number of aryl methyl sites for hydroxylation is 1. The number of aliphatic carboxylic acids is 1. The molecule has 0 aliphatic heterocycles. The first-order valence-electron chi connectivity index (χ1n) is 6.53. The van der Waals surface area contributed by atoms with E-state index in [1.165, 1.54) is 5.56 Å². The molecule has 1 aromatic rings. The number of carbonyl (C=O) groups is 1. The van der Waals surface area contributed by atoms with Crippen LogP contribution in [0.25, 0.3) is 0 Å². The maximum Gasteiger partial charge on any atom is 0.303 e. The van der Waals surface area contributed by atoms with Gasteiger partial charge in [-0.15, -0.1) is 5.73 Å². The molecule has 0 amide bonds. The lowest BCUT2D eigenvalue weighted by Gasteiger charge is -2.13. The SMILES string of the molecule is C=C=C(CCCc1ccccc1)C(N)CCC(=O)O. The average Bonchev–Trinajstić information content (AvgIpc) is 2.42. The average molecular weight is 259 g/mol. The summed E-state index contributed by atoms with van der Waals surface area (Å²) in [5.74, 6) is -0.817. The largest absolute Gasteiger partial charge is 0.481 e. The molecule has 3 nitrogen and oxygen atoms in total. The Morgan fingerprint density at radius 2 is 2.00 bits per heavy atom. The Morgan fingerprint density at radius 1 is 1.32 bits per heavy atom. The second-order valence-electron chi connectivity index (χ2n) is 4.58. The molecule has 102 valence electrons. The van der Waals surface area contributed by atoms with Crippen LogP contribution in [0.2, 0.25) is 0 Å². The van der Waals surface area contributed by atoms with Gasteiger partial charge in [-0.3, -0.25) is 4.79 Å². The molecule has 1 rings (SSSR count). The monoisotopic (exact) mass is 259 g/mol. The van der Waals surface area contributed by atoms with Crippen molar-refractivity contribution < 1.29 is 9.90 Å². The quantitative estimate of drug-likeness (QED) is 0.705. The highest BCUT2D eigenvalue weighted by Crippen LogP contribution is 2.14. The van der Waals surface area contributed by atoms with Crippen LogP contribution < -0.4 is 5.73 Å². The highest BCUT2D eigenvalue weighted by atomic mass is 16.4. The molecular formula is C16H21NO2. The normalized spacial score (nSPS) is 11.6. The van der Waals surface area contributed by atoms with Gasteiger partial charge in [0.2, 0.25) is 0 Å². The molecule has 0 heterocycles. The predicted octanol–water partition coefficient (Wildman–Crippen LogP) is 2.91. The van der Waals surface area contributed by atoms with Crippen molar-refractivity contribution in [3.8, 4) is 0 Å². The highest BCUT2D eigenvalue weighted by Gasteiger charge is 2.10. The molecule has 1 aromatic carbocycles. The van der Waals surface area contributed by atoms with Crippen LogP contribution in [0, 0.1) is 0 Å². The summed E-state index contributed by atoms with van der Waals surface area (Å²) >= 11 is 0. The van der Waals surface area contributed by atoms with E-state index in [-0.39, 0.29) is 12.5 Å². The van der Waals surface area contributed by atoms with E-state index in [2.05, 4.69) is 24.4 Å². The minimum Gasteiger partial charge on any atom is -0.481 e. The second-order valence-corrected chi connectivity index (χ2v) is 4.58. The Morgan fingerprint density at radius 3 is 2.58 bits per heavy atom. The Bertz CT molecular complexity index is 447. The van der Waals surface area contributed by atoms with Crippen LogP contribution in [-0.4, -0.2) is 17.1 Å². The van der Waals surface area contributed by atoms with Gasteiger partial charge < -0.3 is 10.8 Å². The maximum absolute atomic E-state index is 10.5. The lowest BCUT2D eigenvalue weighted by atomic mass is 9.97. The van der Waals surface area contributed by atoms with Crippen LogP contribution in [0.4, 0.5) is 0 Å². The zero-order valence-corrected chi connectivity index (χ0v) is 11.1. The van der Waals surface area contributed by atoms with Crippen molar-refractivity contribution in [1.82, 2.24) is 0 Å². The maximum atomic E-state index is 10.5. The minimum absolute atomic E-state index is 0.0883. The zero-order valence-electron chi connectivity index (χ0n) is 11.1. The summed E-state index contributed by atoms with van der Waals surface area (Å²) in [4.78, 5) is 10.5. The third-order valence-corrected chi connectivity index (χ3v) is 3.10. The minimum atomic E-state index is -0.817. The number of hydrogen-bond donors (Lipinski definition) is 2. The molecular weight excluding hydrogens is 238 g/mol. The van der Waals surface area contributed by atoms with Gasteiger partial charge in [-0.05, 0) is 36.8 Å². The van der Waals surface area contributed by atoms with Crippen LogP contribution in [0.5, 0.6) is 0 Å². The predicted molar refractivity (Wildman–Crippen MR) is 76.9 cm³/mol. The van der Waals surface area contributed by atoms with Crippen molar-refractivity contribution in [2.24, 2.45) is 5.73 Å². The van der Waals surface area contributed by atoms with E-state index in [4.69, 9.17) is 10.8 Å². The van der Waals surface area contributed by atoms with Gasteiger partial charge in [0.05, 0.1) is 0 Å². The second kappa shape index (κ2) is 8.30. The Labute approximate surface area is 114 Å². The number of benzene rings is 1. The molecule has 0 saturated carbocycles. The summed E-state index contributed by atoms with van der Waals surface area (Å²) in [6.45, 7) is 3.65. The number of rotatable bonds is 8. The van der Waals surface area contributed by atoms with Crippen LogP contribution in [0.15, 0.2) is 48.2 Å². The Hall–Kier alpha value is -1.83.